The third kappa shape index (κ3) is 2.69. The smallest absolute Gasteiger partial charge is 0.143 e. The number of nitrogens with zero attached hydrogens (tertiary/aromatic N) is 1. The van der Waals surface area contributed by atoms with Gasteiger partial charge in [0.2, 0.25) is 0 Å². The van der Waals surface area contributed by atoms with Crippen LogP contribution in [0.3, 0.4) is 0 Å². The number of benzene rings is 1. The molecule has 0 aromatic heterocycles. The number of nitrogens with one attached hydrogen (secondary N) is 1. The Morgan fingerprint density at radius 2 is 2.47 bits per heavy atom. The highest BCUT2D eigenvalue weighted by Crippen LogP contribution is 2.28. The molecule has 1 unspecified atom stereocenters. The molecule has 1 aromatic carbocycles. The van der Waals surface area contributed by atoms with Crippen molar-refractivity contribution in [3.05, 3.63) is 23.8 Å². The lowest BCUT2D eigenvalue weighted by molar-refractivity contribution is 0.120. The zero-order chi connectivity index (χ0) is 12.1. The van der Waals surface area contributed by atoms with E-state index in [2.05, 4.69) is 11.4 Å². The second-order valence-electron chi connectivity index (χ2n) is 4.01. The molecule has 1 saturated heterocycles. The van der Waals surface area contributed by atoms with Crippen molar-refractivity contribution in [2.24, 2.45) is 0 Å². The van der Waals surface area contributed by atoms with E-state index in [0.717, 1.165) is 31.7 Å². The SMILES string of the molecule is COc1cccc(C#N)c1NCC1CCCO1. The van der Waals surface area contributed by atoms with Gasteiger partial charge in [0.25, 0.3) is 0 Å². The normalized spacial score (nSPS) is 18.7. The highest BCUT2D eigenvalue weighted by Gasteiger charge is 2.16. The molecule has 4 heteroatoms. The molecule has 17 heavy (non-hydrogen) atoms. The lowest BCUT2D eigenvalue weighted by atomic mass is 10.1. The average Bonchev–Trinajstić information content (AvgIpc) is 2.88. The predicted molar refractivity (Wildman–Crippen MR) is 65.2 cm³/mol. The standard InChI is InChI=1S/C13H16N2O2/c1-16-12-6-2-4-10(8-14)13(12)15-9-11-5-3-7-17-11/h2,4,6,11,15H,3,5,7,9H2,1H3. The Bertz CT molecular complexity index is 420. The van der Waals surface area contributed by atoms with E-state index >= 15 is 0 Å². The molecule has 1 aliphatic heterocycles. The minimum atomic E-state index is 0.242. The maximum atomic E-state index is 9.05. The van der Waals surface area contributed by atoms with Crippen molar-refractivity contribution in [1.29, 1.82) is 5.26 Å². The summed E-state index contributed by atoms with van der Waals surface area (Å²) in [6.07, 6.45) is 2.43. The Morgan fingerprint density at radius 3 is 3.12 bits per heavy atom. The third-order valence-electron chi connectivity index (χ3n) is 2.90. The first-order chi connectivity index (χ1) is 8.35. The molecule has 0 radical (unpaired) electrons. The van der Waals surface area contributed by atoms with Crippen LogP contribution >= 0.6 is 0 Å². The van der Waals surface area contributed by atoms with Crippen LogP contribution in [0.25, 0.3) is 0 Å². The molecule has 90 valence electrons. The first kappa shape index (κ1) is 11.7. The monoisotopic (exact) mass is 232 g/mol. The van der Waals surface area contributed by atoms with Crippen LogP contribution in [0.5, 0.6) is 5.75 Å². The number of hydrogen-bond acceptors (Lipinski definition) is 4. The number of anilines is 1. The fraction of sp³-hybridized carbons (Fsp3) is 0.462. The number of ether oxygens (including phenoxy) is 2. The molecule has 0 amide bonds. The molecule has 2 rings (SSSR count). The van der Waals surface area contributed by atoms with Crippen LogP contribution in [-0.2, 0) is 4.74 Å². The maximum Gasteiger partial charge on any atom is 0.143 e. The highest BCUT2D eigenvalue weighted by molar-refractivity contribution is 5.66. The molecule has 0 spiro atoms. The van der Waals surface area contributed by atoms with E-state index in [1.807, 2.05) is 12.1 Å². The number of nitriles is 1. The molecule has 1 fully saturated rings. The Kier molecular flexibility index (Phi) is 3.84. The van der Waals surface area contributed by atoms with Gasteiger partial charge in [-0.3, -0.25) is 0 Å². The molecular formula is C13H16N2O2. The molecule has 0 bridgehead atoms. The number of methoxy groups -OCH3 is 1. The third-order valence-corrected chi connectivity index (χ3v) is 2.90. The van der Waals surface area contributed by atoms with Crippen LogP contribution in [0, 0.1) is 11.3 Å². The summed E-state index contributed by atoms with van der Waals surface area (Å²) in [5.41, 5.74) is 1.36. The van der Waals surface area contributed by atoms with E-state index in [4.69, 9.17) is 14.7 Å². The van der Waals surface area contributed by atoms with E-state index in [0.29, 0.717) is 11.3 Å². The van der Waals surface area contributed by atoms with Crippen molar-refractivity contribution in [2.75, 3.05) is 25.6 Å². The largest absolute Gasteiger partial charge is 0.495 e. The van der Waals surface area contributed by atoms with Gasteiger partial charge >= 0.3 is 0 Å². The first-order valence-corrected chi connectivity index (χ1v) is 5.77. The Balaban J connectivity index is 2.10. The van der Waals surface area contributed by atoms with Gasteiger partial charge in [0.1, 0.15) is 11.8 Å². The van der Waals surface area contributed by atoms with E-state index in [9.17, 15) is 0 Å². The van der Waals surface area contributed by atoms with Gasteiger partial charge in [-0.05, 0) is 25.0 Å². The van der Waals surface area contributed by atoms with Crippen LogP contribution in [0.4, 0.5) is 5.69 Å². The van der Waals surface area contributed by atoms with E-state index < -0.39 is 0 Å². The Hall–Kier alpha value is -1.73. The predicted octanol–water partition coefficient (Wildman–Crippen LogP) is 2.16. The summed E-state index contributed by atoms with van der Waals surface area (Å²) < 4.78 is 10.8. The van der Waals surface area contributed by atoms with Crippen LogP contribution in [0.1, 0.15) is 18.4 Å². The van der Waals surface area contributed by atoms with Crippen LogP contribution in [0.15, 0.2) is 18.2 Å². The van der Waals surface area contributed by atoms with Gasteiger partial charge in [-0.25, -0.2) is 0 Å². The van der Waals surface area contributed by atoms with Gasteiger partial charge in [0, 0.05) is 13.2 Å². The number of rotatable bonds is 4. The number of hydrogen-bond donors (Lipinski definition) is 1. The van der Waals surface area contributed by atoms with Gasteiger partial charge in [-0.2, -0.15) is 5.26 Å². The van der Waals surface area contributed by atoms with Crippen molar-refractivity contribution >= 4 is 5.69 Å². The van der Waals surface area contributed by atoms with E-state index in [1.165, 1.54) is 0 Å². The molecule has 0 saturated carbocycles. The van der Waals surface area contributed by atoms with Crippen molar-refractivity contribution < 1.29 is 9.47 Å². The minimum Gasteiger partial charge on any atom is -0.495 e. The van der Waals surface area contributed by atoms with Gasteiger partial charge in [-0.1, -0.05) is 6.07 Å². The minimum absolute atomic E-state index is 0.242. The molecule has 0 aliphatic carbocycles. The van der Waals surface area contributed by atoms with Gasteiger partial charge < -0.3 is 14.8 Å². The maximum absolute atomic E-state index is 9.05. The lowest BCUT2D eigenvalue weighted by Gasteiger charge is -2.15. The van der Waals surface area contributed by atoms with Gasteiger partial charge in [-0.15, -0.1) is 0 Å². The van der Waals surface area contributed by atoms with Gasteiger partial charge in [0.15, 0.2) is 0 Å². The van der Waals surface area contributed by atoms with Crippen molar-refractivity contribution in [3.63, 3.8) is 0 Å². The summed E-state index contributed by atoms with van der Waals surface area (Å²) in [6.45, 7) is 1.55. The highest BCUT2D eigenvalue weighted by atomic mass is 16.5. The Morgan fingerprint density at radius 1 is 1.59 bits per heavy atom. The van der Waals surface area contributed by atoms with Gasteiger partial charge in [0.05, 0.1) is 24.5 Å². The lowest BCUT2D eigenvalue weighted by Crippen LogP contribution is -2.19. The first-order valence-electron chi connectivity index (χ1n) is 5.77. The molecular weight excluding hydrogens is 216 g/mol. The van der Waals surface area contributed by atoms with Crippen molar-refractivity contribution in [3.8, 4) is 11.8 Å². The second kappa shape index (κ2) is 5.55. The zero-order valence-electron chi connectivity index (χ0n) is 9.90. The van der Waals surface area contributed by atoms with Crippen LogP contribution in [0.2, 0.25) is 0 Å². The Labute approximate surface area is 101 Å². The molecule has 1 aromatic rings. The summed E-state index contributed by atoms with van der Waals surface area (Å²) in [5.74, 6) is 0.696. The second-order valence-corrected chi connectivity index (χ2v) is 4.01. The summed E-state index contributed by atoms with van der Waals surface area (Å²) in [6, 6.07) is 7.60. The summed E-state index contributed by atoms with van der Waals surface area (Å²) in [5, 5.41) is 12.3. The molecule has 1 aliphatic rings. The zero-order valence-corrected chi connectivity index (χ0v) is 9.90. The number of para-hydroxylation sites is 1. The van der Waals surface area contributed by atoms with E-state index in [1.54, 1.807) is 13.2 Å². The van der Waals surface area contributed by atoms with Crippen molar-refractivity contribution in [2.45, 2.75) is 18.9 Å². The molecule has 1 atom stereocenters. The molecule has 1 heterocycles. The summed E-state index contributed by atoms with van der Waals surface area (Å²) in [7, 11) is 1.60. The summed E-state index contributed by atoms with van der Waals surface area (Å²) in [4.78, 5) is 0. The fourth-order valence-electron chi connectivity index (χ4n) is 2.00. The van der Waals surface area contributed by atoms with Crippen LogP contribution in [-0.4, -0.2) is 26.4 Å². The van der Waals surface area contributed by atoms with Crippen molar-refractivity contribution in [1.82, 2.24) is 0 Å². The molecule has 4 nitrogen and oxygen atoms in total. The summed E-state index contributed by atoms with van der Waals surface area (Å²) >= 11 is 0. The topological polar surface area (TPSA) is 54.3 Å². The quantitative estimate of drug-likeness (QED) is 0.864. The van der Waals surface area contributed by atoms with E-state index in [-0.39, 0.29) is 6.10 Å². The average molecular weight is 232 g/mol. The van der Waals surface area contributed by atoms with Crippen LogP contribution < -0.4 is 10.1 Å². The fourth-order valence-corrected chi connectivity index (χ4v) is 2.00. The molecule has 1 N–H and O–H groups in total.